The Labute approximate surface area is 56.6 Å². The molecule has 3 nitrogen and oxygen atoms in total. The molecule has 0 N–H and O–H groups in total. The van der Waals surface area contributed by atoms with Gasteiger partial charge in [-0.25, -0.2) is 0 Å². The van der Waals surface area contributed by atoms with Crippen LogP contribution in [0.5, 0.6) is 0 Å². The van der Waals surface area contributed by atoms with Crippen LogP contribution in [0.3, 0.4) is 0 Å². The average Bonchev–Trinajstić information content (AvgIpc) is 1.63. The van der Waals surface area contributed by atoms with E-state index in [4.69, 9.17) is 0 Å². The van der Waals surface area contributed by atoms with Crippen molar-refractivity contribution < 1.29 is 9.59 Å². The van der Waals surface area contributed by atoms with Gasteiger partial charge in [-0.05, 0) is 16.2 Å². The summed E-state index contributed by atoms with van der Waals surface area (Å²) in [6.07, 6.45) is 0. The van der Waals surface area contributed by atoms with E-state index in [0.29, 0.717) is 0 Å². The van der Waals surface area contributed by atoms with Gasteiger partial charge in [0.15, 0.2) is 0 Å². The Morgan fingerprint density at radius 3 is 2.11 bits per heavy atom. The van der Waals surface area contributed by atoms with E-state index >= 15 is 0 Å². The van der Waals surface area contributed by atoms with Crippen LogP contribution in [0.1, 0.15) is 6.92 Å². The Balaban J connectivity index is 3.63. The molecule has 0 aromatic rings. The summed E-state index contributed by atoms with van der Waals surface area (Å²) in [7, 11) is 3.58. The Bertz CT molecular complexity index is 135. The number of rotatable bonds is 2. The normalized spacial score (nSPS) is 8.78. The maximum absolute atomic E-state index is 10.4. The second kappa shape index (κ2) is 3.57. The highest BCUT2D eigenvalue weighted by Crippen LogP contribution is 1.93. The minimum atomic E-state index is -0.162. The molecular formula is C5H10NO2P. The van der Waals surface area contributed by atoms with Crippen LogP contribution >= 0.6 is 9.24 Å². The minimum Gasteiger partial charge on any atom is -0.335 e. The summed E-state index contributed by atoms with van der Waals surface area (Å²) in [4.78, 5) is 22.1. The van der Waals surface area contributed by atoms with E-state index in [0.717, 1.165) is 0 Å². The van der Waals surface area contributed by atoms with E-state index in [1.54, 1.807) is 7.05 Å². The van der Waals surface area contributed by atoms with E-state index in [1.165, 1.54) is 11.8 Å². The molecule has 0 rings (SSSR count). The predicted octanol–water partition coefficient (Wildman–Crippen LogP) is 0.502. The van der Waals surface area contributed by atoms with Crippen LogP contribution in [-0.4, -0.2) is 29.9 Å². The second-order valence-electron chi connectivity index (χ2n) is 1.90. The SMILES string of the molecule is CC(=O)CN(C)C(=O)P. The molecule has 0 aliphatic carbocycles. The average molecular weight is 147 g/mol. The predicted molar refractivity (Wildman–Crippen MR) is 38.4 cm³/mol. The quantitative estimate of drug-likeness (QED) is 0.533. The molecule has 0 radical (unpaired) electrons. The van der Waals surface area contributed by atoms with Crippen LogP contribution in [0, 0.1) is 0 Å². The number of likely N-dealkylation sites (N-methyl/N-ethyl adjacent to an activating group) is 1. The molecule has 52 valence electrons. The first-order valence-electron chi connectivity index (χ1n) is 2.54. The van der Waals surface area contributed by atoms with Gasteiger partial charge < -0.3 is 4.90 Å². The fraction of sp³-hybridized carbons (Fsp3) is 0.600. The van der Waals surface area contributed by atoms with Gasteiger partial charge in [0.25, 0.3) is 0 Å². The molecule has 1 unspecified atom stereocenters. The lowest BCUT2D eigenvalue weighted by Gasteiger charge is -2.10. The molecule has 1 amide bonds. The zero-order chi connectivity index (χ0) is 7.44. The van der Waals surface area contributed by atoms with Crippen molar-refractivity contribution in [1.29, 1.82) is 0 Å². The van der Waals surface area contributed by atoms with E-state index in [1.807, 2.05) is 9.24 Å². The Kier molecular flexibility index (Phi) is 3.40. The largest absolute Gasteiger partial charge is 0.335 e. The summed E-state index contributed by atoms with van der Waals surface area (Å²) in [6, 6.07) is 0. The molecule has 9 heavy (non-hydrogen) atoms. The van der Waals surface area contributed by atoms with Gasteiger partial charge in [0.2, 0.25) is 5.65 Å². The monoisotopic (exact) mass is 147 g/mol. The standard InChI is InChI=1S/C5H10NO2P/c1-4(7)3-6(2)5(8)9/h3,9H2,1-2H3. The van der Waals surface area contributed by atoms with Gasteiger partial charge in [0.1, 0.15) is 5.78 Å². The lowest BCUT2D eigenvalue weighted by molar-refractivity contribution is -0.117. The van der Waals surface area contributed by atoms with Gasteiger partial charge in [-0.15, -0.1) is 0 Å². The lowest BCUT2D eigenvalue weighted by Crippen LogP contribution is -2.25. The molecule has 0 bridgehead atoms. The number of nitrogens with zero attached hydrogens (tertiary/aromatic N) is 1. The fourth-order valence-electron chi connectivity index (χ4n) is 0.412. The number of Topliss-reactive ketones (excluding diaryl/α,β-unsaturated/α-hetero) is 1. The number of carbonyl (C=O) groups is 2. The van der Waals surface area contributed by atoms with Crippen LogP contribution in [0.15, 0.2) is 0 Å². The van der Waals surface area contributed by atoms with Crippen molar-refractivity contribution in [3.63, 3.8) is 0 Å². The van der Waals surface area contributed by atoms with E-state index < -0.39 is 0 Å². The molecule has 0 heterocycles. The highest BCUT2D eigenvalue weighted by Gasteiger charge is 2.02. The molecule has 0 fully saturated rings. The van der Waals surface area contributed by atoms with Crippen molar-refractivity contribution in [2.24, 2.45) is 0 Å². The van der Waals surface area contributed by atoms with Crippen LogP contribution in [-0.2, 0) is 4.79 Å². The van der Waals surface area contributed by atoms with Crippen LogP contribution in [0.25, 0.3) is 0 Å². The zero-order valence-electron chi connectivity index (χ0n) is 5.55. The smallest absolute Gasteiger partial charge is 0.237 e. The van der Waals surface area contributed by atoms with E-state index in [9.17, 15) is 9.59 Å². The highest BCUT2D eigenvalue weighted by molar-refractivity contribution is 7.39. The van der Waals surface area contributed by atoms with Crippen LogP contribution < -0.4 is 0 Å². The van der Waals surface area contributed by atoms with Gasteiger partial charge in [-0.3, -0.25) is 9.59 Å². The third-order valence-electron chi connectivity index (χ3n) is 0.836. The molecule has 0 saturated carbocycles. The van der Waals surface area contributed by atoms with Gasteiger partial charge in [0, 0.05) is 7.05 Å². The summed E-state index contributed by atoms with van der Waals surface area (Å²) in [5.41, 5.74) is -0.162. The molecule has 0 saturated heterocycles. The maximum Gasteiger partial charge on any atom is 0.237 e. The second-order valence-corrected chi connectivity index (χ2v) is 2.39. The third-order valence-corrected chi connectivity index (χ3v) is 1.28. The number of hydrogen-bond donors (Lipinski definition) is 0. The summed E-state index contributed by atoms with van der Waals surface area (Å²) >= 11 is 0. The van der Waals surface area contributed by atoms with Crippen molar-refractivity contribution in [3.05, 3.63) is 0 Å². The summed E-state index contributed by atoms with van der Waals surface area (Å²) in [5, 5.41) is 0. The molecule has 1 atom stereocenters. The van der Waals surface area contributed by atoms with Crippen molar-refractivity contribution in [3.8, 4) is 0 Å². The highest BCUT2D eigenvalue weighted by atomic mass is 31.0. The summed E-state index contributed by atoms with van der Waals surface area (Å²) in [6.45, 7) is 1.65. The van der Waals surface area contributed by atoms with Gasteiger partial charge in [0.05, 0.1) is 6.54 Å². The van der Waals surface area contributed by atoms with Crippen LogP contribution in [0.2, 0.25) is 0 Å². The fourth-order valence-corrected chi connectivity index (χ4v) is 0.503. The zero-order valence-corrected chi connectivity index (χ0v) is 6.70. The molecule has 0 spiro atoms. The third kappa shape index (κ3) is 4.10. The van der Waals surface area contributed by atoms with E-state index in [2.05, 4.69) is 0 Å². The summed E-state index contributed by atoms with van der Waals surface area (Å²) < 4.78 is 0. The molecule has 0 aliphatic heterocycles. The van der Waals surface area contributed by atoms with Crippen molar-refractivity contribution in [2.75, 3.05) is 13.6 Å². The van der Waals surface area contributed by atoms with Gasteiger partial charge >= 0.3 is 0 Å². The van der Waals surface area contributed by atoms with E-state index in [-0.39, 0.29) is 18.0 Å². The molecule has 0 aromatic heterocycles. The number of carbonyl (C=O) groups excluding carboxylic acids is 2. The van der Waals surface area contributed by atoms with Crippen molar-refractivity contribution in [1.82, 2.24) is 4.90 Å². The number of ketones is 1. The lowest BCUT2D eigenvalue weighted by atomic mass is 10.4. The first kappa shape index (κ1) is 8.57. The molecule has 0 aromatic carbocycles. The first-order valence-corrected chi connectivity index (χ1v) is 3.11. The minimum absolute atomic E-state index is 0.00620. The molecular weight excluding hydrogens is 137 g/mol. The Hall–Kier alpha value is -0.430. The molecule has 4 heteroatoms. The van der Waals surface area contributed by atoms with Crippen molar-refractivity contribution in [2.45, 2.75) is 6.92 Å². The maximum atomic E-state index is 10.4. The van der Waals surface area contributed by atoms with Crippen molar-refractivity contribution >= 4 is 20.7 Å². The first-order chi connectivity index (χ1) is 4.04. The van der Waals surface area contributed by atoms with Gasteiger partial charge in [-0.1, -0.05) is 0 Å². The topological polar surface area (TPSA) is 37.4 Å². The van der Waals surface area contributed by atoms with Crippen LogP contribution in [0.4, 0.5) is 4.79 Å². The van der Waals surface area contributed by atoms with Gasteiger partial charge in [-0.2, -0.15) is 0 Å². The Morgan fingerprint density at radius 1 is 1.56 bits per heavy atom. The summed E-state index contributed by atoms with van der Waals surface area (Å²) in [5.74, 6) is -0.00620. The molecule has 0 aliphatic rings. The number of hydrogen-bond acceptors (Lipinski definition) is 2. The number of amides is 1. The Morgan fingerprint density at radius 2 is 2.00 bits per heavy atom.